The average molecular weight is 318 g/mol. The van der Waals surface area contributed by atoms with Crippen molar-refractivity contribution in [3.05, 3.63) is 10.5 Å². The third kappa shape index (κ3) is 1.70. The van der Waals surface area contributed by atoms with E-state index in [9.17, 15) is 0 Å². The minimum Gasteiger partial charge on any atom is -0.457 e. The summed E-state index contributed by atoms with van der Waals surface area (Å²) in [7, 11) is 12.9. The SMILES string of the molecule is Bc1cc(B)c2c(oc3c(B)c(Br)c(B)c(B)c32)c1B. The molecule has 0 atom stereocenters. The van der Waals surface area contributed by atoms with E-state index in [1.165, 1.54) is 43.5 Å². The molecule has 8 heteroatoms. The molecule has 20 heavy (non-hydrogen) atoms. The van der Waals surface area contributed by atoms with E-state index < -0.39 is 0 Å². The van der Waals surface area contributed by atoms with Crippen LogP contribution in [0, 0.1) is 0 Å². The Labute approximate surface area is 132 Å². The predicted molar refractivity (Wildman–Crippen MR) is 110 cm³/mol. The van der Waals surface area contributed by atoms with Gasteiger partial charge in [-0.25, -0.2) is 0 Å². The molecule has 0 amide bonds. The lowest BCUT2D eigenvalue weighted by atomic mass is 9.71. The standard InChI is InChI=1S/C12H13B6BrO/c13-2-1-3(14)6(15)11-4(2)5-7(16)8(17)10(19)9(18)12(5)20-11/h1H,13-18H2. The number of furan rings is 1. The van der Waals surface area contributed by atoms with E-state index in [4.69, 9.17) is 4.42 Å². The normalized spacial score (nSPS) is 11.4. The van der Waals surface area contributed by atoms with Gasteiger partial charge in [-0.3, -0.25) is 0 Å². The molecule has 0 aliphatic carbocycles. The molecule has 0 fully saturated rings. The van der Waals surface area contributed by atoms with Crippen LogP contribution in [-0.4, -0.2) is 47.1 Å². The minimum atomic E-state index is 1.02. The van der Waals surface area contributed by atoms with Crippen LogP contribution < -0.4 is 32.8 Å². The highest BCUT2D eigenvalue weighted by Crippen LogP contribution is 2.23. The number of halogens is 1. The molecule has 3 rings (SSSR count). The van der Waals surface area contributed by atoms with E-state index in [1.807, 2.05) is 0 Å². The van der Waals surface area contributed by atoms with Crippen LogP contribution in [0.25, 0.3) is 21.9 Å². The first-order chi connectivity index (χ1) is 9.34. The van der Waals surface area contributed by atoms with Crippen LogP contribution in [0.2, 0.25) is 0 Å². The summed E-state index contributed by atoms with van der Waals surface area (Å²) in [6.07, 6.45) is 0. The van der Waals surface area contributed by atoms with Crippen molar-refractivity contribution < 1.29 is 4.42 Å². The fourth-order valence-corrected chi connectivity index (χ4v) is 3.59. The van der Waals surface area contributed by atoms with Crippen LogP contribution in [0.1, 0.15) is 0 Å². The van der Waals surface area contributed by atoms with Gasteiger partial charge in [0.25, 0.3) is 0 Å². The molecule has 0 bridgehead atoms. The van der Waals surface area contributed by atoms with Crippen molar-refractivity contribution in [3.8, 4) is 0 Å². The zero-order valence-electron chi connectivity index (χ0n) is 12.9. The van der Waals surface area contributed by atoms with E-state index in [0.717, 1.165) is 15.6 Å². The molecule has 2 aromatic carbocycles. The third-order valence-electron chi connectivity index (χ3n) is 4.60. The number of hydrogen-bond acceptors (Lipinski definition) is 1. The number of fused-ring (bicyclic) bond motifs is 3. The molecule has 0 saturated heterocycles. The first-order valence-electron chi connectivity index (χ1n) is 6.92. The Morgan fingerprint density at radius 3 is 1.95 bits per heavy atom. The van der Waals surface area contributed by atoms with Crippen molar-refractivity contribution in [2.45, 2.75) is 0 Å². The fourth-order valence-electron chi connectivity index (χ4n) is 3.11. The zero-order valence-corrected chi connectivity index (χ0v) is 14.4. The average Bonchev–Trinajstić information content (AvgIpc) is 2.81. The summed E-state index contributed by atoms with van der Waals surface area (Å²) in [5.74, 6) is 0. The molecule has 0 unspecified atom stereocenters. The van der Waals surface area contributed by atoms with E-state index in [-0.39, 0.29) is 0 Å². The van der Waals surface area contributed by atoms with Crippen LogP contribution >= 0.6 is 15.9 Å². The molecule has 1 heterocycles. The maximum atomic E-state index is 6.26. The lowest BCUT2D eigenvalue weighted by Gasteiger charge is -2.10. The molecule has 1 aromatic heterocycles. The van der Waals surface area contributed by atoms with Crippen LogP contribution in [0.4, 0.5) is 0 Å². The third-order valence-corrected chi connectivity index (χ3v) is 5.79. The maximum Gasteiger partial charge on any atom is 0.145 e. The van der Waals surface area contributed by atoms with Crippen molar-refractivity contribution >= 4 is 118 Å². The highest BCUT2D eigenvalue weighted by molar-refractivity contribution is 9.10. The van der Waals surface area contributed by atoms with Crippen LogP contribution in [0.3, 0.4) is 0 Å². The van der Waals surface area contributed by atoms with Gasteiger partial charge in [0.05, 0.1) is 0 Å². The Kier molecular flexibility index (Phi) is 3.20. The van der Waals surface area contributed by atoms with E-state index in [0.29, 0.717) is 0 Å². The summed E-state index contributed by atoms with van der Waals surface area (Å²) in [5, 5.41) is 2.55. The number of rotatable bonds is 0. The van der Waals surface area contributed by atoms with Crippen molar-refractivity contribution in [2.75, 3.05) is 0 Å². The quantitative estimate of drug-likeness (QED) is 0.376. The minimum absolute atomic E-state index is 1.02. The van der Waals surface area contributed by atoms with Crippen LogP contribution in [-0.2, 0) is 0 Å². The Bertz CT molecular complexity index is 885. The van der Waals surface area contributed by atoms with Gasteiger partial charge < -0.3 is 4.42 Å². The Morgan fingerprint density at radius 1 is 0.700 bits per heavy atom. The van der Waals surface area contributed by atoms with Gasteiger partial charge in [-0.05, 0) is 5.46 Å². The van der Waals surface area contributed by atoms with Gasteiger partial charge in [0.15, 0.2) is 0 Å². The Morgan fingerprint density at radius 2 is 1.30 bits per heavy atom. The Balaban J connectivity index is 2.71. The predicted octanol–water partition coefficient (Wildman–Crippen LogP) is -6.10. The summed E-state index contributed by atoms with van der Waals surface area (Å²) in [6.45, 7) is 0. The van der Waals surface area contributed by atoms with Gasteiger partial charge in [0.2, 0.25) is 0 Å². The first-order valence-corrected chi connectivity index (χ1v) is 7.72. The number of hydrogen-bond donors (Lipinski definition) is 0. The largest absolute Gasteiger partial charge is 0.457 e. The molecule has 3 aromatic rings. The van der Waals surface area contributed by atoms with Crippen LogP contribution in [0.15, 0.2) is 15.0 Å². The van der Waals surface area contributed by atoms with Crippen molar-refractivity contribution in [1.82, 2.24) is 0 Å². The lowest BCUT2D eigenvalue weighted by Crippen LogP contribution is -2.34. The van der Waals surface area contributed by atoms with Crippen molar-refractivity contribution in [3.63, 3.8) is 0 Å². The maximum absolute atomic E-state index is 6.26. The van der Waals surface area contributed by atoms with Gasteiger partial charge in [-0.2, -0.15) is 0 Å². The smallest absolute Gasteiger partial charge is 0.145 e. The summed E-state index contributed by atoms with van der Waals surface area (Å²) in [4.78, 5) is 0. The second kappa shape index (κ2) is 4.56. The molecule has 0 spiro atoms. The molecule has 0 saturated carbocycles. The van der Waals surface area contributed by atoms with E-state index in [1.54, 1.807) is 0 Å². The molecular formula is C12H13B6BrO. The van der Waals surface area contributed by atoms with Gasteiger partial charge in [-0.1, -0.05) is 49.3 Å². The van der Waals surface area contributed by atoms with Gasteiger partial charge in [-0.15, -0.1) is 0 Å². The topological polar surface area (TPSA) is 13.1 Å². The number of benzene rings is 2. The molecule has 0 N–H and O–H groups in total. The second-order valence-corrected chi connectivity index (χ2v) is 6.63. The van der Waals surface area contributed by atoms with Crippen molar-refractivity contribution in [2.24, 2.45) is 0 Å². The fraction of sp³-hybridized carbons (Fsp3) is 0. The van der Waals surface area contributed by atoms with Crippen molar-refractivity contribution in [1.29, 1.82) is 0 Å². The van der Waals surface area contributed by atoms with Gasteiger partial charge in [0, 0.05) is 15.2 Å². The molecule has 0 aliphatic heterocycles. The summed E-state index contributed by atoms with van der Waals surface area (Å²) in [6, 6.07) is 2.26. The van der Waals surface area contributed by atoms with Gasteiger partial charge in [0.1, 0.15) is 58.2 Å². The van der Waals surface area contributed by atoms with E-state index >= 15 is 0 Å². The molecule has 92 valence electrons. The highest BCUT2D eigenvalue weighted by Gasteiger charge is 2.19. The van der Waals surface area contributed by atoms with Crippen LogP contribution in [0.5, 0.6) is 0 Å². The summed E-state index contributed by atoms with van der Waals surface area (Å²) >= 11 is 3.70. The lowest BCUT2D eigenvalue weighted by molar-refractivity contribution is 0.674. The monoisotopic (exact) mass is 318 g/mol. The van der Waals surface area contributed by atoms with E-state index in [2.05, 4.69) is 69.1 Å². The molecule has 1 nitrogen and oxygen atoms in total. The summed E-state index contributed by atoms with van der Waals surface area (Å²) < 4.78 is 7.42. The zero-order chi connectivity index (χ0) is 14.8. The summed E-state index contributed by atoms with van der Waals surface area (Å²) in [5.41, 5.74) is 9.70. The molecule has 0 aliphatic rings. The van der Waals surface area contributed by atoms with Gasteiger partial charge >= 0.3 is 0 Å². The highest BCUT2D eigenvalue weighted by atomic mass is 79.9. The Hall–Kier alpha value is -0.890. The molecular weight excluding hydrogens is 305 g/mol. The molecule has 0 radical (unpaired) electrons. The second-order valence-electron chi connectivity index (χ2n) is 5.83. The first kappa shape index (κ1) is 14.1.